The van der Waals surface area contributed by atoms with E-state index in [1.165, 1.54) is 30.3 Å². The number of hydrogen-bond acceptors (Lipinski definition) is 5. The highest BCUT2D eigenvalue weighted by Crippen LogP contribution is 2.24. The lowest BCUT2D eigenvalue weighted by Gasteiger charge is -2.17. The van der Waals surface area contributed by atoms with Crippen LogP contribution in [-0.2, 0) is 4.79 Å². The van der Waals surface area contributed by atoms with Gasteiger partial charge in [-0.2, -0.15) is 0 Å². The predicted octanol–water partition coefficient (Wildman–Crippen LogP) is 4.72. The van der Waals surface area contributed by atoms with Crippen molar-refractivity contribution in [3.63, 3.8) is 0 Å². The van der Waals surface area contributed by atoms with Crippen molar-refractivity contribution >= 4 is 39.9 Å². The summed E-state index contributed by atoms with van der Waals surface area (Å²) in [6, 6.07) is 24.6. The van der Waals surface area contributed by atoms with Crippen molar-refractivity contribution in [1.29, 1.82) is 0 Å². The molecule has 1 aliphatic rings. The number of nitrogens with one attached hydrogen (secondary N) is 1. The van der Waals surface area contributed by atoms with Crippen LogP contribution >= 0.6 is 11.8 Å². The van der Waals surface area contributed by atoms with Gasteiger partial charge in [0.05, 0.1) is 22.3 Å². The number of aromatic nitrogens is 2. The number of nitrogens with zero attached hydrogens (tertiary/aromatic N) is 3. The summed E-state index contributed by atoms with van der Waals surface area (Å²) in [5.74, 6) is 0.00169. The number of hydrogen-bond donors (Lipinski definition) is 1. The number of para-hydroxylation sites is 2. The molecular weight excluding hydrogens is 432 g/mol. The quantitative estimate of drug-likeness (QED) is 0.336. The first kappa shape index (κ1) is 21.3. The molecule has 1 amide bonds. The smallest absolute Gasteiger partial charge is 0.266 e. The molecule has 1 aromatic heterocycles. The average Bonchev–Trinajstić information content (AvgIpc) is 3.39. The zero-order valence-corrected chi connectivity index (χ0v) is 18.9. The van der Waals surface area contributed by atoms with Gasteiger partial charge >= 0.3 is 0 Å². The van der Waals surface area contributed by atoms with Crippen LogP contribution in [0.4, 0.5) is 11.4 Å². The van der Waals surface area contributed by atoms with Crippen LogP contribution in [-0.4, -0.2) is 34.3 Å². The molecule has 0 bridgehead atoms. The van der Waals surface area contributed by atoms with E-state index in [1.54, 1.807) is 10.6 Å². The van der Waals surface area contributed by atoms with Crippen LogP contribution in [0.15, 0.2) is 88.8 Å². The molecule has 0 unspecified atom stereocenters. The van der Waals surface area contributed by atoms with Crippen molar-refractivity contribution in [2.24, 2.45) is 0 Å². The van der Waals surface area contributed by atoms with Gasteiger partial charge in [-0.3, -0.25) is 14.2 Å². The van der Waals surface area contributed by atoms with E-state index in [4.69, 9.17) is 0 Å². The first-order valence-corrected chi connectivity index (χ1v) is 12.0. The lowest BCUT2D eigenvalue weighted by Crippen LogP contribution is -2.23. The van der Waals surface area contributed by atoms with E-state index in [0.717, 1.165) is 24.5 Å². The number of rotatable bonds is 6. The van der Waals surface area contributed by atoms with E-state index in [1.807, 2.05) is 72.8 Å². The van der Waals surface area contributed by atoms with E-state index in [0.29, 0.717) is 16.1 Å². The number of thioether (sulfide) groups is 1. The predicted molar refractivity (Wildman–Crippen MR) is 135 cm³/mol. The maximum atomic E-state index is 13.2. The number of carbonyl (C=O) groups excluding carboxylic acids is 1. The molecule has 1 aliphatic heterocycles. The van der Waals surface area contributed by atoms with Gasteiger partial charge in [-0.25, -0.2) is 4.98 Å². The first-order chi connectivity index (χ1) is 16.2. The fraction of sp³-hybridized carbons (Fsp3) is 0.192. The second-order valence-electron chi connectivity index (χ2n) is 7.97. The van der Waals surface area contributed by atoms with Crippen LogP contribution in [0, 0.1) is 0 Å². The Morgan fingerprint density at radius 3 is 2.33 bits per heavy atom. The maximum absolute atomic E-state index is 13.2. The molecule has 3 aromatic carbocycles. The lowest BCUT2D eigenvalue weighted by molar-refractivity contribution is -0.113. The van der Waals surface area contributed by atoms with Gasteiger partial charge in [0.1, 0.15) is 0 Å². The largest absolute Gasteiger partial charge is 0.372 e. The van der Waals surface area contributed by atoms with Gasteiger partial charge in [0.15, 0.2) is 5.16 Å². The van der Waals surface area contributed by atoms with Crippen LogP contribution in [0.1, 0.15) is 12.8 Å². The standard InChI is InChI=1S/C26H24N4O2S/c31-24(27-19-12-14-20(15-13-19)29-16-6-7-17-29)18-33-26-28-23-11-5-4-10-22(23)25(32)30(26)21-8-2-1-3-9-21/h1-5,8-15H,6-7,16-18H2,(H,27,31). The van der Waals surface area contributed by atoms with Gasteiger partial charge in [0.25, 0.3) is 5.56 Å². The number of carbonyl (C=O) groups is 1. The molecule has 0 aliphatic carbocycles. The molecule has 1 fully saturated rings. The second-order valence-corrected chi connectivity index (χ2v) is 8.91. The van der Waals surface area contributed by atoms with E-state index >= 15 is 0 Å². The van der Waals surface area contributed by atoms with Gasteiger partial charge < -0.3 is 10.2 Å². The molecule has 166 valence electrons. The third kappa shape index (κ3) is 4.64. The molecule has 0 radical (unpaired) electrons. The molecule has 2 heterocycles. The van der Waals surface area contributed by atoms with Crippen LogP contribution in [0.2, 0.25) is 0 Å². The Morgan fingerprint density at radius 1 is 0.879 bits per heavy atom. The molecule has 1 N–H and O–H groups in total. The van der Waals surface area contributed by atoms with Crippen LogP contribution < -0.4 is 15.8 Å². The van der Waals surface area contributed by atoms with E-state index in [2.05, 4.69) is 15.2 Å². The van der Waals surface area contributed by atoms with E-state index in [9.17, 15) is 9.59 Å². The molecule has 0 atom stereocenters. The Morgan fingerprint density at radius 2 is 1.58 bits per heavy atom. The molecule has 33 heavy (non-hydrogen) atoms. The lowest BCUT2D eigenvalue weighted by atomic mass is 10.2. The van der Waals surface area contributed by atoms with Gasteiger partial charge in [-0.05, 0) is 61.4 Å². The van der Waals surface area contributed by atoms with Crippen LogP contribution in [0.25, 0.3) is 16.6 Å². The van der Waals surface area contributed by atoms with E-state index in [-0.39, 0.29) is 17.2 Å². The summed E-state index contributed by atoms with van der Waals surface area (Å²) in [6.45, 7) is 2.18. The summed E-state index contributed by atoms with van der Waals surface area (Å²) >= 11 is 1.25. The molecule has 7 heteroatoms. The molecule has 0 saturated carbocycles. The Kier molecular flexibility index (Phi) is 6.13. The van der Waals surface area contributed by atoms with Gasteiger partial charge in [0.2, 0.25) is 5.91 Å². The average molecular weight is 457 g/mol. The minimum absolute atomic E-state index is 0.143. The zero-order chi connectivity index (χ0) is 22.6. The highest BCUT2D eigenvalue weighted by Gasteiger charge is 2.15. The van der Waals surface area contributed by atoms with Gasteiger partial charge in [-0.1, -0.05) is 42.1 Å². The normalized spacial score (nSPS) is 13.4. The topological polar surface area (TPSA) is 67.2 Å². The molecule has 0 spiro atoms. The number of fused-ring (bicyclic) bond motifs is 1. The molecule has 5 rings (SSSR count). The van der Waals surface area contributed by atoms with Gasteiger partial charge in [-0.15, -0.1) is 0 Å². The molecular formula is C26H24N4O2S. The number of anilines is 2. The Balaban J connectivity index is 1.34. The minimum Gasteiger partial charge on any atom is -0.372 e. The molecule has 4 aromatic rings. The number of benzene rings is 3. The van der Waals surface area contributed by atoms with Crippen molar-refractivity contribution in [3.05, 3.63) is 89.2 Å². The summed E-state index contributed by atoms with van der Waals surface area (Å²) in [7, 11) is 0. The zero-order valence-electron chi connectivity index (χ0n) is 18.1. The number of amides is 1. The van der Waals surface area contributed by atoms with Crippen molar-refractivity contribution in [2.45, 2.75) is 18.0 Å². The Bertz CT molecular complexity index is 1330. The van der Waals surface area contributed by atoms with Crippen LogP contribution in [0.5, 0.6) is 0 Å². The van der Waals surface area contributed by atoms with Crippen LogP contribution in [0.3, 0.4) is 0 Å². The van der Waals surface area contributed by atoms with Crippen molar-refractivity contribution < 1.29 is 4.79 Å². The maximum Gasteiger partial charge on any atom is 0.266 e. The summed E-state index contributed by atoms with van der Waals surface area (Å²) in [4.78, 5) is 32.9. The van der Waals surface area contributed by atoms with Crippen molar-refractivity contribution in [2.75, 3.05) is 29.1 Å². The fourth-order valence-corrected chi connectivity index (χ4v) is 4.88. The highest BCUT2D eigenvalue weighted by molar-refractivity contribution is 7.99. The van der Waals surface area contributed by atoms with Crippen molar-refractivity contribution in [3.8, 4) is 5.69 Å². The van der Waals surface area contributed by atoms with Crippen molar-refractivity contribution in [1.82, 2.24) is 9.55 Å². The van der Waals surface area contributed by atoms with Gasteiger partial charge in [0, 0.05) is 24.5 Å². The SMILES string of the molecule is O=C(CSc1nc2ccccc2c(=O)n1-c1ccccc1)Nc1ccc(N2CCCC2)cc1. The molecule has 1 saturated heterocycles. The molecule has 6 nitrogen and oxygen atoms in total. The first-order valence-electron chi connectivity index (χ1n) is 11.0. The summed E-state index contributed by atoms with van der Waals surface area (Å²) in [6.07, 6.45) is 2.46. The Labute approximate surface area is 196 Å². The fourth-order valence-electron chi connectivity index (χ4n) is 4.07. The summed E-state index contributed by atoms with van der Waals surface area (Å²) < 4.78 is 1.57. The summed E-state index contributed by atoms with van der Waals surface area (Å²) in [5, 5.41) is 3.99. The third-order valence-electron chi connectivity index (χ3n) is 5.71. The Hall–Kier alpha value is -3.58. The third-order valence-corrected chi connectivity index (χ3v) is 6.65. The minimum atomic E-state index is -0.146. The summed E-state index contributed by atoms with van der Waals surface area (Å²) in [5.41, 5.74) is 3.14. The highest BCUT2D eigenvalue weighted by atomic mass is 32.2. The van der Waals surface area contributed by atoms with E-state index < -0.39 is 0 Å². The second kappa shape index (κ2) is 9.50. The monoisotopic (exact) mass is 456 g/mol.